The Bertz CT molecular complexity index is 297. The van der Waals surface area contributed by atoms with E-state index in [0.29, 0.717) is 31.0 Å². The molecule has 1 aliphatic rings. The Labute approximate surface area is 106 Å². The van der Waals surface area contributed by atoms with Crippen molar-refractivity contribution in [2.24, 2.45) is 5.92 Å². The fraction of sp³-hybridized carbons (Fsp3) is 0.750. The molecule has 1 amide bonds. The molecule has 4 heteroatoms. The van der Waals surface area contributed by atoms with Crippen molar-refractivity contribution in [1.82, 2.24) is 4.90 Å². The second-order valence-electron chi connectivity index (χ2n) is 4.35. The number of nitrogens with zero attached hydrogens (tertiary/aromatic N) is 1. The fourth-order valence-corrected chi connectivity index (χ4v) is 3.00. The lowest BCUT2D eigenvalue weighted by Gasteiger charge is -2.28. The fourth-order valence-electron chi connectivity index (χ4n) is 2.09. The van der Waals surface area contributed by atoms with Gasteiger partial charge in [-0.3, -0.25) is 4.79 Å². The van der Waals surface area contributed by atoms with Gasteiger partial charge in [0.05, 0.1) is 10.4 Å². The molecule has 0 fully saturated rings. The van der Waals surface area contributed by atoms with Crippen LogP contribution in [0.25, 0.3) is 0 Å². The van der Waals surface area contributed by atoms with Crippen molar-refractivity contribution in [3.05, 3.63) is 11.3 Å². The molecule has 92 valence electrons. The number of carbonyl (C=O) groups is 1. The minimum absolute atomic E-state index is 0.0153. The van der Waals surface area contributed by atoms with Crippen molar-refractivity contribution in [2.75, 3.05) is 13.1 Å². The van der Waals surface area contributed by atoms with E-state index in [1.54, 1.807) is 4.90 Å². The zero-order valence-corrected chi connectivity index (χ0v) is 11.7. The van der Waals surface area contributed by atoms with Gasteiger partial charge in [-0.05, 0) is 32.6 Å². The Morgan fingerprint density at radius 1 is 1.50 bits per heavy atom. The van der Waals surface area contributed by atoms with Gasteiger partial charge in [0.15, 0.2) is 0 Å². The lowest BCUT2D eigenvalue weighted by atomic mass is 9.88. The Morgan fingerprint density at radius 2 is 2.06 bits per heavy atom. The van der Waals surface area contributed by atoms with E-state index in [9.17, 15) is 9.90 Å². The van der Waals surface area contributed by atoms with Crippen LogP contribution in [0.5, 0.6) is 0 Å². The van der Waals surface area contributed by atoms with Crippen molar-refractivity contribution in [3.63, 3.8) is 0 Å². The van der Waals surface area contributed by atoms with Crippen LogP contribution in [0.4, 0.5) is 0 Å². The van der Waals surface area contributed by atoms with E-state index in [4.69, 9.17) is 0 Å². The standard InChI is InChI=1S/C12H20BrNO2/c1-4-14(5-2)12(16)9-6-8(3)7-10(13)11(9)15/h8,10,15H,4-7H2,1-3H3. The lowest BCUT2D eigenvalue weighted by molar-refractivity contribution is -0.127. The molecule has 0 bridgehead atoms. The summed E-state index contributed by atoms with van der Waals surface area (Å²) in [5, 5.41) is 9.95. The van der Waals surface area contributed by atoms with Gasteiger partial charge in [-0.25, -0.2) is 0 Å². The number of rotatable bonds is 3. The summed E-state index contributed by atoms with van der Waals surface area (Å²) in [6.07, 6.45) is 1.57. The summed E-state index contributed by atoms with van der Waals surface area (Å²) >= 11 is 3.42. The highest BCUT2D eigenvalue weighted by Crippen LogP contribution is 2.33. The van der Waals surface area contributed by atoms with E-state index in [1.165, 1.54) is 0 Å². The largest absolute Gasteiger partial charge is 0.511 e. The number of aliphatic hydroxyl groups excluding tert-OH is 1. The van der Waals surface area contributed by atoms with Gasteiger partial charge in [0.25, 0.3) is 5.91 Å². The molecule has 0 heterocycles. The van der Waals surface area contributed by atoms with Crippen LogP contribution in [-0.2, 0) is 4.79 Å². The van der Waals surface area contributed by atoms with E-state index >= 15 is 0 Å². The van der Waals surface area contributed by atoms with Crippen LogP contribution in [0.3, 0.4) is 0 Å². The number of halogens is 1. The number of hydrogen-bond donors (Lipinski definition) is 1. The number of amides is 1. The number of alkyl halides is 1. The molecule has 2 unspecified atom stereocenters. The van der Waals surface area contributed by atoms with Crippen molar-refractivity contribution >= 4 is 21.8 Å². The normalized spacial score (nSPS) is 25.8. The molecular formula is C12H20BrNO2. The second kappa shape index (κ2) is 5.71. The van der Waals surface area contributed by atoms with E-state index in [2.05, 4.69) is 22.9 Å². The van der Waals surface area contributed by atoms with Crippen LogP contribution < -0.4 is 0 Å². The molecule has 1 aliphatic carbocycles. The Hall–Kier alpha value is -0.510. The predicted octanol–water partition coefficient (Wildman–Crippen LogP) is 2.86. The molecule has 0 spiro atoms. The van der Waals surface area contributed by atoms with Crippen LogP contribution in [0.15, 0.2) is 11.3 Å². The van der Waals surface area contributed by atoms with Gasteiger partial charge in [-0.2, -0.15) is 0 Å². The summed E-state index contributed by atoms with van der Waals surface area (Å²) < 4.78 is 0. The first-order valence-corrected chi connectivity index (χ1v) is 6.78. The molecule has 0 aromatic carbocycles. The molecule has 0 aromatic heterocycles. The predicted molar refractivity (Wildman–Crippen MR) is 68.7 cm³/mol. The van der Waals surface area contributed by atoms with E-state index in [0.717, 1.165) is 6.42 Å². The minimum Gasteiger partial charge on any atom is -0.511 e. The maximum atomic E-state index is 12.1. The Morgan fingerprint density at radius 3 is 2.56 bits per heavy atom. The minimum atomic E-state index is -0.0641. The van der Waals surface area contributed by atoms with Gasteiger partial charge in [-0.15, -0.1) is 0 Å². The smallest absolute Gasteiger partial charge is 0.253 e. The van der Waals surface area contributed by atoms with E-state index in [1.807, 2.05) is 13.8 Å². The molecule has 16 heavy (non-hydrogen) atoms. The molecule has 0 radical (unpaired) electrons. The number of hydrogen-bond acceptors (Lipinski definition) is 2. The first kappa shape index (κ1) is 13.6. The average Bonchev–Trinajstić information content (AvgIpc) is 2.24. The topological polar surface area (TPSA) is 40.5 Å². The zero-order chi connectivity index (χ0) is 12.3. The molecule has 1 rings (SSSR count). The molecule has 0 saturated carbocycles. The molecular weight excluding hydrogens is 270 g/mol. The van der Waals surface area contributed by atoms with E-state index in [-0.39, 0.29) is 16.5 Å². The number of allylic oxidation sites excluding steroid dienone is 1. The Kier molecular flexibility index (Phi) is 4.84. The molecule has 0 aliphatic heterocycles. The summed E-state index contributed by atoms with van der Waals surface area (Å²) in [6, 6.07) is 0. The first-order valence-electron chi connectivity index (χ1n) is 5.86. The average molecular weight is 290 g/mol. The summed E-state index contributed by atoms with van der Waals surface area (Å²) in [7, 11) is 0. The van der Waals surface area contributed by atoms with Gasteiger partial charge < -0.3 is 10.0 Å². The van der Waals surface area contributed by atoms with Crippen molar-refractivity contribution < 1.29 is 9.90 Å². The molecule has 0 saturated heterocycles. The van der Waals surface area contributed by atoms with Crippen LogP contribution >= 0.6 is 15.9 Å². The highest BCUT2D eigenvalue weighted by Gasteiger charge is 2.30. The van der Waals surface area contributed by atoms with Crippen LogP contribution in [0.2, 0.25) is 0 Å². The highest BCUT2D eigenvalue weighted by molar-refractivity contribution is 9.09. The van der Waals surface area contributed by atoms with E-state index < -0.39 is 0 Å². The zero-order valence-electron chi connectivity index (χ0n) is 10.2. The molecule has 0 aromatic rings. The third-order valence-corrected chi connectivity index (χ3v) is 3.88. The monoisotopic (exact) mass is 289 g/mol. The quantitative estimate of drug-likeness (QED) is 0.812. The van der Waals surface area contributed by atoms with Crippen molar-refractivity contribution in [3.8, 4) is 0 Å². The molecule has 2 atom stereocenters. The first-order chi connectivity index (χ1) is 7.51. The SMILES string of the molecule is CCN(CC)C(=O)C1=C(O)C(Br)CC(C)C1. The summed E-state index contributed by atoms with van der Waals surface area (Å²) in [6.45, 7) is 7.39. The second-order valence-corrected chi connectivity index (χ2v) is 5.46. The third kappa shape index (κ3) is 2.78. The van der Waals surface area contributed by atoms with Gasteiger partial charge in [-0.1, -0.05) is 22.9 Å². The summed E-state index contributed by atoms with van der Waals surface area (Å²) in [4.78, 5) is 13.8. The van der Waals surface area contributed by atoms with Crippen LogP contribution in [-0.4, -0.2) is 33.8 Å². The van der Waals surface area contributed by atoms with Crippen molar-refractivity contribution in [2.45, 2.75) is 38.4 Å². The van der Waals surface area contributed by atoms with Crippen LogP contribution in [0.1, 0.15) is 33.6 Å². The lowest BCUT2D eigenvalue weighted by Crippen LogP contribution is -2.35. The maximum Gasteiger partial charge on any atom is 0.253 e. The van der Waals surface area contributed by atoms with Gasteiger partial charge in [0, 0.05) is 13.1 Å². The summed E-state index contributed by atoms with van der Waals surface area (Å²) in [5.41, 5.74) is 0.587. The third-order valence-electron chi connectivity index (χ3n) is 3.08. The number of carbonyl (C=O) groups excluding carboxylic acids is 1. The van der Waals surface area contributed by atoms with Gasteiger partial charge in [0.2, 0.25) is 0 Å². The molecule has 1 N–H and O–H groups in total. The van der Waals surface area contributed by atoms with Crippen LogP contribution in [0, 0.1) is 5.92 Å². The number of likely N-dealkylation sites (N-methyl/N-ethyl adjacent to an activating group) is 1. The molecule has 3 nitrogen and oxygen atoms in total. The van der Waals surface area contributed by atoms with Gasteiger partial charge in [0.1, 0.15) is 5.76 Å². The Balaban J connectivity index is 2.92. The van der Waals surface area contributed by atoms with Crippen molar-refractivity contribution in [1.29, 1.82) is 0 Å². The van der Waals surface area contributed by atoms with Gasteiger partial charge >= 0.3 is 0 Å². The highest BCUT2D eigenvalue weighted by atomic mass is 79.9. The maximum absolute atomic E-state index is 12.1. The summed E-state index contributed by atoms with van der Waals surface area (Å²) in [5.74, 6) is 0.656. The number of aliphatic hydroxyl groups is 1.